The van der Waals surface area contributed by atoms with Gasteiger partial charge in [0.25, 0.3) is 0 Å². The highest BCUT2D eigenvalue weighted by Crippen LogP contribution is 2.30. The van der Waals surface area contributed by atoms with Gasteiger partial charge in [0, 0.05) is 43.0 Å². The Bertz CT molecular complexity index is 1090. The van der Waals surface area contributed by atoms with Gasteiger partial charge >= 0.3 is 0 Å². The Morgan fingerprint density at radius 2 is 1.84 bits per heavy atom. The van der Waals surface area contributed by atoms with Gasteiger partial charge in [0.05, 0.1) is 5.69 Å². The molecule has 1 N–H and O–H groups in total. The van der Waals surface area contributed by atoms with E-state index in [9.17, 15) is 4.79 Å². The molecule has 0 bridgehead atoms. The topological polar surface area (TPSA) is 62.5 Å². The Kier molecular flexibility index (Phi) is 5.38. The third kappa shape index (κ3) is 4.03. The lowest BCUT2D eigenvalue weighted by Gasteiger charge is -2.32. The molecule has 6 nitrogen and oxygen atoms in total. The molecule has 6 heteroatoms. The number of carbonyl (C=O) groups is 1. The largest absolute Gasteiger partial charge is 0.355 e. The molecule has 5 rings (SSSR count). The van der Waals surface area contributed by atoms with Gasteiger partial charge in [0.15, 0.2) is 5.82 Å². The van der Waals surface area contributed by atoms with E-state index in [0.29, 0.717) is 6.04 Å². The molecular weight excluding hydrogens is 386 g/mol. The molecule has 3 aromatic rings. The summed E-state index contributed by atoms with van der Waals surface area (Å²) >= 11 is 0. The Balaban J connectivity index is 1.33. The minimum absolute atomic E-state index is 0.118. The van der Waals surface area contributed by atoms with Gasteiger partial charge < -0.3 is 10.2 Å². The van der Waals surface area contributed by atoms with E-state index in [1.807, 2.05) is 16.9 Å². The molecule has 1 aromatic carbocycles. The minimum atomic E-state index is 0.118. The highest BCUT2D eigenvalue weighted by molar-refractivity contribution is 5.80. The van der Waals surface area contributed by atoms with Crippen molar-refractivity contribution >= 4 is 17.2 Å². The van der Waals surface area contributed by atoms with Crippen LogP contribution in [0.2, 0.25) is 0 Å². The molecule has 162 valence electrons. The lowest BCUT2D eigenvalue weighted by Crippen LogP contribution is -2.43. The van der Waals surface area contributed by atoms with Crippen LogP contribution in [0, 0.1) is 19.8 Å². The average Bonchev–Trinajstić information content (AvgIpc) is 3.43. The van der Waals surface area contributed by atoms with E-state index in [1.165, 1.54) is 24.0 Å². The number of nitrogens with zero attached hydrogens (tertiary/aromatic N) is 4. The van der Waals surface area contributed by atoms with Crippen molar-refractivity contribution in [3.05, 3.63) is 47.8 Å². The van der Waals surface area contributed by atoms with Crippen molar-refractivity contribution in [2.24, 2.45) is 5.92 Å². The second-order valence-corrected chi connectivity index (χ2v) is 9.18. The van der Waals surface area contributed by atoms with Crippen molar-refractivity contribution in [1.82, 2.24) is 19.9 Å². The number of anilines is 1. The van der Waals surface area contributed by atoms with Crippen LogP contribution in [0.15, 0.2) is 36.7 Å². The third-order valence-corrected chi connectivity index (χ3v) is 6.89. The summed E-state index contributed by atoms with van der Waals surface area (Å²) in [6.07, 6.45) is 10.2. The molecule has 0 unspecified atom stereocenters. The normalized spacial score (nSPS) is 18.1. The van der Waals surface area contributed by atoms with Crippen LogP contribution in [0.5, 0.6) is 0 Å². The molecule has 3 heterocycles. The fourth-order valence-electron chi connectivity index (χ4n) is 5.13. The number of piperidine rings is 1. The first-order valence-corrected chi connectivity index (χ1v) is 11.6. The summed E-state index contributed by atoms with van der Waals surface area (Å²) in [4.78, 5) is 19.7. The van der Waals surface area contributed by atoms with Gasteiger partial charge in [0.2, 0.25) is 5.91 Å². The quantitative estimate of drug-likeness (QED) is 0.688. The summed E-state index contributed by atoms with van der Waals surface area (Å²) in [5.41, 5.74) is 5.63. The van der Waals surface area contributed by atoms with E-state index in [4.69, 9.17) is 10.1 Å². The van der Waals surface area contributed by atoms with Gasteiger partial charge in [-0.25, -0.2) is 9.50 Å². The first-order chi connectivity index (χ1) is 15.1. The Morgan fingerprint density at radius 3 is 2.58 bits per heavy atom. The lowest BCUT2D eigenvalue weighted by molar-refractivity contribution is -0.126. The summed E-state index contributed by atoms with van der Waals surface area (Å²) in [5, 5.41) is 8.09. The van der Waals surface area contributed by atoms with Crippen molar-refractivity contribution in [2.45, 2.75) is 58.4 Å². The lowest BCUT2D eigenvalue weighted by atomic mass is 9.95. The molecule has 1 aliphatic heterocycles. The van der Waals surface area contributed by atoms with Crippen LogP contribution < -0.4 is 10.2 Å². The highest BCUT2D eigenvalue weighted by atomic mass is 16.1. The number of hydrogen-bond donors (Lipinski definition) is 1. The van der Waals surface area contributed by atoms with Crippen molar-refractivity contribution < 1.29 is 4.79 Å². The van der Waals surface area contributed by atoms with Crippen LogP contribution in [-0.2, 0) is 4.79 Å². The molecule has 0 atom stereocenters. The predicted molar refractivity (Wildman–Crippen MR) is 123 cm³/mol. The second-order valence-electron chi connectivity index (χ2n) is 9.18. The fourth-order valence-corrected chi connectivity index (χ4v) is 5.13. The first kappa shape index (κ1) is 20.0. The number of amides is 1. The monoisotopic (exact) mass is 417 g/mol. The first-order valence-electron chi connectivity index (χ1n) is 11.6. The van der Waals surface area contributed by atoms with Crippen LogP contribution in [0.4, 0.5) is 5.82 Å². The average molecular weight is 418 g/mol. The maximum absolute atomic E-state index is 12.7. The van der Waals surface area contributed by atoms with Gasteiger partial charge in [-0.2, -0.15) is 5.10 Å². The number of benzene rings is 1. The molecule has 1 amide bonds. The highest BCUT2D eigenvalue weighted by Gasteiger charge is 2.28. The maximum Gasteiger partial charge on any atom is 0.223 e. The molecule has 2 aliphatic rings. The van der Waals surface area contributed by atoms with Crippen molar-refractivity contribution in [3.8, 4) is 11.3 Å². The van der Waals surface area contributed by atoms with E-state index >= 15 is 0 Å². The van der Waals surface area contributed by atoms with Crippen molar-refractivity contribution in [3.63, 3.8) is 0 Å². The van der Waals surface area contributed by atoms with Gasteiger partial charge in [-0.15, -0.1) is 0 Å². The van der Waals surface area contributed by atoms with E-state index in [1.54, 1.807) is 0 Å². The zero-order chi connectivity index (χ0) is 21.4. The number of hydrogen-bond acceptors (Lipinski definition) is 4. The van der Waals surface area contributed by atoms with Crippen LogP contribution in [0.1, 0.15) is 49.7 Å². The Labute approximate surface area is 183 Å². The summed E-state index contributed by atoms with van der Waals surface area (Å²) in [5.74, 6) is 1.33. The molecule has 1 aliphatic carbocycles. The molecule has 1 saturated heterocycles. The summed E-state index contributed by atoms with van der Waals surface area (Å²) in [6.45, 7) is 5.94. The standard InChI is InChI=1S/C25H31N5O/c1-17-7-8-21(18(2)15-17)22-16-23-24(26-11-14-30(23)28-22)29-12-9-19(10-13-29)25(31)27-20-5-3-4-6-20/h7-8,11,14-16,19-20H,3-6,9-10,12-13H2,1-2H3,(H,27,31). The number of nitrogens with one attached hydrogen (secondary N) is 1. The van der Waals surface area contributed by atoms with Crippen LogP contribution >= 0.6 is 0 Å². The molecular formula is C25H31N5O. The predicted octanol–water partition coefficient (Wildman–Crippen LogP) is 4.29. The molecule has 2 aromatic heterocycles. The van der Waals surface area contributed by atoms with E-state index in [-0.39, 0.29) is 11.8 Å². The van der Waals surface area contributed by atoms with Gasteiger partial charge in [0.1, 0.15) is 5.52 Å². The number of fused-ring (bicyclic) bond motifs is 1. The molecule has 2 fully saturated rings. The van der Waals surface area contributed by atoms with E-state index in [0.717, 1.165) is 61.4 Å². The van der Waals surface area contributed by atoms with Crippen molar-refractivity contribution in [2.75, 3.05) is 18.0 Å². The van der Waals surface area contributed by atoms with E-state index in [2.05, 4.69) is 48.3 Å². The summed E-state index contributed by atoms with van der Waals surface area (Å²) < 4.78 is 1.93. The Morgan fingerprint density at radius 1 is 1.06 bits per heavy atom. The fraction of sp³-hybridized carbons (Fsp3) is 0.480. The third-order valence-electron chi connectivity index (χ3n) is 6.89. The number of carbonyl (C=O) groups excluding carboxylic acids is 1. The zero-order valence-electron chi connectivity index (χ0n) is 18.5. The second kappa shape index (κ2) is 8.33. The number of aryl methyl sites for hydroxylation is 2. The molecule has 1 saturated carbocycles. The SMILES string of the molecule is Cc1ccc(-c2cc3c(N4CCC(C(=O)NC5CCCC5)CC4)nccn3n2)c(C)c1. The summed E-state index contributed by atoms with van der Waals surface area (Å²) in [7, 11) is 0. The van der Waals surface area contributed by atoms with Crippen molar-refractivity contribution in [1.29, 1.82) is 0 Å². The zero-order valence-corrected chi connectivity index (χ0v) is 18.5. The maximum atomic E-state index is 12.7. The van der Waals surface area contributed by atoms with E-state index < -0.39 is 0 Å². The Hall–Kier alpha value is -2.89. The molecule has 31 heavy (non-hydrogen) atoms. The number of rotatable bonds is 4. The number of aromatic nitrogens is 3. The molecule has 0 spiro atoms. The minimum Gasteiger partial charge on any atom is -0.355 e. The summed E-state index contributed by atoms with van der Waals surface area (Å²) in [6, 6.07) is 9.01. The van der Waals surface area contributed by atoms with Gasteiger partial charge in [-0.05, 0) is 51.2 Å². The van der Waals surface area contributed by atoms with Gasteiger partial charge in [-0.3, -0.25) is 4.79 Å². The molecule has 0 radical (unpaired) electrons. The van der Waals surface area contributed by atoms with Crippen LogP contribution in [0.25, 0.3) is 16.8 Å². The van der Waals surface area contributed by atoms with Crippen LogP contribution in [-0.4, -0.2) is 39.6 Å². The van der Waals surface area contributed by atoms with Crippen LogP contribution in [0.3, 0.4) is 0 Å². The smallest absolute Gasteiger partial charge is 0.223 e. The van der Waals surface area contributed by atoms with Gasteiger partial charge in [-0.1, -0.05) is 36.6 Å².